The second kappa shape index (κ2) is 4.92. The molecule has 1 saturated heterocycles. The molecule has 0 aromatic heterocycles. The minimum Gasteiger partial charge on any atom is -0.300 e. The van der Waals surface area contributed by atoms with E-state index >= 15 is 0 Å². The number of carbonyl (C=O) groups is 1. The molecular formula is C12H23NO. The Labute approximate surface area is 87.7 Å². The molecule has 1 rings (SSSR count). The Bertz CT molecular complexity index is 202. The maximum absolute atomic E-state index is 11.3. The van der Waals surface area contributed by atoms with E-state index in [9.17, 15) is 4.79 Å². The van der Waals surface area contributed by atoms with Gasteiger partial charge in [0.1, 0.15) is 5.78 Å². The highest BCUT2D eigenvalue weighted by atomic mass is 16.1. The van der Waals surface area contributed by atoms with Crippen molar-refractivity contribution in [3.63, 3.8) is 0 Å². The zero-order chi connectivity index (χ0) is 10.7. The largest absolute Gasteiger partial charge is 0.300 e. The Morgan fingerprint density at radius 3 is 2.64 bits per heavy atom. The van der Waals surface area contributed by atoms with Crippen molar-refractivity contribution in [2.75, 3.05) is 6.54 Å². The zero-order valence-corrected chi connectivity index (χ0v) is 9.92. The first-order chi connectivity index (χ1) is 6.56. The molecule has 1 aliphatic heterocycles. The Balaban J connectivity index is 2.55. The number of Topliss-reactive ketones (excluding diaryl/α,β-unsaturated/α-hetero) is 1. The van der Waals surface area contributed by atoms with Crippen LogP contribution in [-0.2, 0) is 4.79 Å². The predicted molar refractivity (Wildman–Crippen MR) is 59.3 cm³/mol. The van der Waals surface area contributed by atoms with Crippen LogP contribution in [0.5, 0.6) is 0 Å². The van der Waals surface area contributed by atoms with Crippen LogP contribution in [0.4, 0.5) is 0 Å². The quantitative estimate of drug-likeness (QED) is 0.692. The first kappa shape index (κ1) is 11.7. The topological polar surface area (TPSA) is 20.3 Å². The standard InChI is InChI=1S/C12H23NO/c1-5-9(2)11(4)13-7-6-12(14)8-10(13)3/h9-11H,5-8H2,1-4H3. The van der Waals surface area contributed by atoms with Crippen molar-refractivity contribution in [3.8, 4) is 0 Å². The van der Waals surface area contributed by atoms with Gasteiger partial charge in [0.05, 0.1) is 0 Å². The Morgan fingerprint density at radius 1 is 1.50 bits per heavy atom. The molecule has 82 valence electrons. The minimum absolute atomic E-state index is 0.435. The van der Waals surface area contributed by atoms with E-state index in [-0.39, 0.29) is 0 Å². The van der Waals surface area contributed by atoms with E-state index in [0.29, 0.717) is 17.9 Å². The third-order valence-corrected chi connectivity index (χ3v) is 3.73. The fourth-order valence-electron chi connectivity index (χ4n) is 2.30. The van der Waals surface area contributed by atoms with E-state index < -0.39 is 0 Å². The van der Waals surface area contributed by atoms with E-state index in [4.69, 9.17) is 0 Å². The number of likely N-dealkylation sites (tertiary alicyclic amines) is 1. The summed E-state index contributed by atoms with van der Waals surface area (Å²) in [6.45, 7) is 9.97. The fourth-order valence-corrected chi connectivity index (χ4v) is 2.30. The lowest BCUT2D eigenvalue weighted by molar-refractivity contribution is -0.123. The number of rotatable bonds is 3. The molecule has 0 N–H and O–H groups in total. The van der Waals surface area contributed by atoms with Crippen molar-refractivity contribution in [2.24, 2.45) is 5.92 Å². The van der Waals surface area contributed by atoms with Crippen molar-refractivity contribution in [3.05, 3.63) is 0 Å². The first-order valence-electron chi connectivity index (χ1n) is 5.83. The van der Waals surface area contributed by atoms with Crippen LogP contribution in [0.2, 0.25) is 0 Å². The van der Waals surface area contributed by atoms with E-state index in [2.05, 4.69) is 32.6 Å². The summed E-state index contributed by atoms with van der Waals surface area (Å²) < 4.78 is 0. The van der Waals surface area contributed by atoms with Crippen LogP contribution in [0.1, 0.15) is 47.0 Å². The van der Waals surface area contributed by atoms with Gasteiger partial charge in [0, 0.05) is 31.5 Å². The van der Waals surface area contributed by atoms with Crippen LogP contribution in [0, 0.1) is 5.92 Å². The Morgan fingerprint density at radius 2 is 2.14 bits per heavy atom. The predicted octanol–water partition coefficient (Wildman–Crippen LogP) is 2.47. The van der Waals surface area contributed by atoms with Crippen molar-refractivity contribution in [1.29, 1.82) is 0 Å². The number of hydrogen-bond donors (Lipinski definition) is 0. The fraction of sp³-hybridized carbons (Fsp3) is 0.917. The number of piperidine rings is 1. The maximum Gasteiger partial charge on any atom is 0.135 e. The van der Waals surface area contributed by atoms with Crippen LogP contribution >= 0.6 is 0 Å². The summed E-state index contributed by atoms with van der Waals surface area (Å²) in [4.78, 5) is 13.7. The molecule has 3 unspecified atom stereocenters. The van der Waals surface area contributed by atoms with E-state index in [0.717, 1.165) is 25.3 Å². The highest BCUT2D eigenvalue weighted by Gasteiger charge is 2.28. The summed E-state index contributed by atoms with van der Waals surface area (Å²) in [6.07, 6.45) is 2.73. The number of ketones is 1. The van der Waals surface area contributed by atoms with Gasteiger partial charge >= 0.3 is 0 Å². The lowest BCUT2D eigenvalue weighted by Gasteiger charge is -2.40. The first-order valence-corrected chi connectivity index (χ1v) is 5.83. The highest BCUT2D eigenvalue weighted by Crippen LogP contribution is 2.22. The number of carbonyl (C=O) groups excluding carboxylic acids is 1. The summed E-state index contributed by atoms with van der Waals surface area (Å²) >= 11 is 0. The molecule has 2 nitrogen and oxygen atoms in total. The van der Waals surface area contributed by atoms with Gasteiger partial charge in [0.25, 0.3) is 0 Å². The molecule has 3 atom stereocenters. The normalized spacial score (nSPS) is 28.9. The Hall–Kier alpha value is -0.370. The summed E-state index contributed by atoms with van der Waals surface area (Å²) in [5, 5.41) is 0. The lowest BCUT2D eigenvalue weighted by atomic mass is 9.93. The van der Waals surface area contributed by atoms with Crippen LogP contribution in [0.3, 0.4) is 0 Å². The maximum atomic E-state index is 11.3. The van der Waals surface area contributed by atoms with Crippen molar-refractivity contribution in [2.45, 2.75) is 59.0 Å². The van der Waals surface area contributed by atoms with Gasteiger partial charge in [-0.2, -0.15) is 0 Å². The zero-order valence-electron chi connectivity index (χ0n) is 9.92. The molecule has 0 aromatic rings. The minimum atomic E-state index is 0.435. The third-order valence-electron chi connectivity index (χ3n) is 3.73. The smallest absolute Gasteiger partial charge is 0.135 e. The van der Waals surface area contributed by atoms with Crippen LogP contribution in [0.15, 0.2) is 0 Å². The molecule has 0 spiro atoms. The van der Waals surface area contributed by atoms with Gasteiger partial charge in [-0.15, -0.1) is 0 Å². The molecule has 0 aliphatic carbocycles. The highest BCUT2D eigenvalue weighted by molar-refractivity contribution is 5.79. The summed E-state index contributed by atoms with van der Waals surface area (Å²) in [6, 6.07) is 1.06. The second-order valence-electron chi connectivity index (χ2n) is 4.71. The van der Waals surface area contributed by atoms with Gasteiger partial charge in [-0.25, -0.2) is 0 Å². The molecule has 0 aromatic carbocycles. The van der Waals surface area contributed by atoms with Crippen LogP contribution < -0.4 is 0 Å². The van der Waals surface area contributed by atoms with Gasteiger partial charge in [-0.3, -0.25) is 9.69 Å². The second-order valence-corrected chi connectivity index (χ2v) is 4.71. The molecule has 2 heteroatoms. The van der Waals surface area contributed by atoms with Crippen molar-refractivity contribution in [1.82, 2.24) is 4.90 Å². The molecule has 0 radical (unpaired) electrons. The number of nitrogens with zero attached hydrogens (tertiary/aromatic N) is 1. The molecule has 0 saturated carbocycles. The SMILES string of the molecule is CCC(C)C(C)N1CCC(=O)CC1C. The van der Waals surface area contributed by atoms with Gasteiger partial charge in [-0.1, -0.05) is 20.3 Å². The monoisotopic (exact) mass is 197 g/mol. The molecule has 14 heavy (non-hydrogen) atoms. The lowest BCUT2D eigenvalue weighted by Crippen LogP contribution is -2.48. The third kappa shape index (κ3) is 2.57. The summed E-state index contributed by atoms with van der Waals surface area (Å²) in [5.74, 6) is 1.16. The van der Waals surface area contributed by atoms with Crippen molar-refractivity contribution >= 4 is 5.78 Å². The van der Waals surface area contributed by atoms with Crippen LogP contribution in [0.25, 0.3) is 0 Å². The van der Waals surface area contributed by atoms with Gasteiger partial charge in [-0.05, 0) is 19.8 Å². The van der Waals surface area contributed by atoms with Gasteiger partial charge < -0.3 is 0 Å². The summed E-state index contributed by atoms with van der Waals surface area (Å²) in [7, 11) is 0. The van der Waals surface area contributed by atoms with Gasteiger partial charge in [0.2, 0.25) is 0 Å². The molecule has 0 bridgehead atoms. The van der Waals surface area contributed by atoms with Crippen molar-refractivity contribution < 1.29 is 4.79 Å². The molecule has 0 amide bonds. The average Bonchev–Trinajstić information content (AvgIpc) is 2.15. The molecule has 1 aliphatic rings. The molecule has 1 heterocycles. The van der Waals surface area contributed by atoms with E-state index in [1.54, 1.807) is 0 Å². The average molecular weight is 197 g/mol. The van der Waals surface area contributed by atoms with E-state index in [1.165, 1.54) is 6.42 Å². The summed E-state index contributed by atoms with van der Waals surface area (Å²) in [5.41, 5.74) is 0. The molecule has 1 fully saturated rings. The van der Waals surface area contributed by atoms with E-state index in [1.807, 2.05) is 0 Å². The van der Waals surface area contributed by atoms with Crippen LogP contribution in [-0.4, -0.2) is 29.3 Å². The Kier molecular flexibility index (Phi) is 4.11. The molecular weight excluding hydrogens is 174 g/mol. The number of hydrogen-bond acceptors (Lipinski definition) is 2. The van der Waals surface area contributed by atoms with Gasteiger partial charge in [0.15, 0.2) is 0 Å².